The summed E-state index contributed by atoms with van der Waals surface area (Å²) in [6.45, 7) is 0. The maximum Gasteiger partial charge on any atom is 0.320 e. The number of aryl methyl sites for hydroxylation is 1. The molecule has 0 aliphatic carbocycles. The van der Waals surface area contributed by atoms with Crippen molar-refractivity contribution in [2.45, 2.75) is 0 Å². The minimum Gasteiger partial charge on any atom is -0.319 e. The number of anilines is 1. The number of rotatable bonds is 3. The Morgan fingerprint density at radius 3 is 2.80 bits per heavy atom. The SMILES string of the molecule is Cn1cc([N+](=O)[O-])c(C(=O)Nc2cc(Cl)ccc2Cl)n1. The van der Waals surface area contributed by atoms with Crippen LogP contribution in [-0.4, -0.2) is 20.6 Å². The van der Waals surface area contributed by atoms with Crippen molar-refractivity contribution in [3.8, 4) is 0 Å². The van der Waals surface area contributed by atoms with Gasteiger partial charge in [-0.15, -0.1) is 0 Å². The summed E-state index contributed by atoms with van der Waals surface area (Å²) >= 11 is 11.7. The highest BCUT2D eigenvalue weighted by Crippen LogP contribution is 2.26. The molecule has 0 spiro atoms. The molecule has 2 aromatic rings. The maximum atomic E-state index is 12.0. The summed E-state index contributed by atoms with van der Waals surface area (Å²) in [5.74, 6) is -0.735. The summed E-state index contributed by atoms with van der Waals surface area (Å²) in [4.78, 5) is 22.2. The number of hydrogen-bond donors (Lipinski definition) is 1. The number of benzene rings is 1. The Kier molecular flexibility index (Phi) is 3.91. The summed E-state index contributed by atoms with van der Waals surface area (Å²) in [7, 11) is 1.48. The van der Waals surface area contributed by atoms with Gasteiger partial charge in [-0.2, -0.15) is 5.10 Å². The molecule has 0 fully saturated rings. The number of nitro groups is 1. The third-order valence-corrected chi connectivity index (χ3v) is 2.96. The molecule has 0 saturated carbocycles. The van der Waals surface area contributed by atoms with Crippen molar-refractivity contribution in [3.05, 3.63) is 50.2 Å². The smallest absolute Gasteiger partial charge is 0.319 e. The fraction of sp³-hybridized carbons (Fsp3) is 0.0909. The largest absolute Gasteiger partial charge is 0.320 e. The highest BCUT2D eigenvalue weighted by atomic mass is 35.5. The number of nitrogens with zero attached hydrogens (tertiary/aromatic N) is 3. The van der Waals surface area contributed by atoms with Crippen LogP contribution in [0.4, 0.5) is 11.4 Å². The van der Waals surface area contributed by atoms with Crippen LogP contribution >= 0.6 is 23.2 Å². The number of halogens is 2. The van der Waals surface area contributed by atoms with Crippen LogP contribution in [0.2, 0.25) is 10.0 Å². The molecule has 1 amide bonds. The lowest BCUT2D eigenvalue weighted by Gasteiger charge is -2.05. The molecule has 1 aromatic heterocycles. The normalized spacial score (nSPS) is 10.3. The van der Waals surface area contributed by atoms with Crippen LogP contribution in [0.5, 0.6) is 0 Å². The molecular weight excluding hydrogens is 307 g/mol. The monoisotopic (exact) mass is 314 g/mol. The number of hydrogen-bond acceptors (Lipinski definition) is 4. The summed E-state index contributed by atoms with van der Waals surface area (Å²) in [5.41, 5.74) is -0.430. The molecule has 7 nitrogen and oxygen atoms in total. The molecule has 1 aromatic carbocycles. The van der Waals surface area contributed by atoms with Crippen molar-refractivity contribution in [2.75, 3.05) is 5.32 Å². The third kappa shape index (κ3) is 2.89. The Bertz CT molecular complexity index is 699. The van der Waals surface area contributed by atoms with Gasteiger partial charge in [0.05, 0.1) is 15.6 Å². The van der Waals surface area contributed by atoms with E-state index in [0.29, 0.717) is 5.02 Å². The van der Waals surface area contributed by atoms with Crippen molar-refractivity contribution < 1.29 is 9.72 Å². The van der Waals surface area contributed by atoms with E-state index in [0.717, 1.165) is 6.20 Å². The minimum atomic E-state index is -0.735. The van der Waals surface area contributed by atoms with Crippen molar-refractivity contribution in [1.82, 2.24) is 9.78 Å². The van der Waals surface area contributed by atoms with Gasteiger partial charge in [0.1, 0.15) is 6.20 Å². The van der Waals surface area contributed by atoms with E-state index in [1.807, 2.05) is 0 Å². The van der Waals surface area contributed by atoms with Gasteiger partial charge in [0.15, 0.2) is 0 Å². The predicted octanol–water partition coefficient (Wildman–Crippen LogP) is 2.89. The predicted molar refractivity (Wildman–Crippen MR) is 74.3 cm³/mol. The molecule has 0 unspecified atom stereocenters. The van der Waals surface area contributed by atoms with Gasteiger partial charge in [-0.25, -0.2) is 0 Å². The first-order chi connectivity index (χ1) is 9.38. The van der Waals surface area contributed by atoms with Gasteiger partial charge in [-0.3, -0.25) is 19.6 Å². The molecule has 20 heavy (non-hydrogen) atoms. The number of amides is 1. The summed E-state index contributed by atoms with van der Waals surface area (Å²) in [6.07, 6.45) is 1.15. The van der Waals surface area contributed by atoms with E-state index in [2.05, 4.69) is 10.4 Å². The molecule has 0 radical (unpaired) electrons. The Labute approximate surface area is 123 Å². The fourth-order valence-electron chi connectivity index (χ4n) is 1.55. The number of aromatic nitrogens is 2. The zero-order valence-corrected chi connectivity index (χ0v) is 11.6. The van der Waals surface area contributed by atoms with Crippen LogP contribution in [-0.2, 0) is 7.05 Å². The molecule has 0 atom stereocenters. The topological polar surface area (TPSA) is 90.1 Å². The zero-order chi connectivity index (χ0) is 14.9. The number of carbonyl (C=O) groups is 1. The van der Waals surface area contributed by atoms with E-state index in [1.54, 1.807) is 6.07 Å². The van der Waals surface area contributed by atoms with Gasteiger partial charge in [0.2, 0.25) is 5.69 Å². The van der Waals surface area contributed by atoms with Crippen LogP contribution in [0.25, 0.3) is 0 Å². The Hall–Kier alpha value is -2.12. The van der Waals surface area contributed by atoms with E-state index in [9.17, 15) is 14.9 Å². The molecule has 0 bridgehead atoms. The van der Waals surface area contributed by atoms with Gasteiger partial charge in [0.25, 0.3) is 5.91 Å². The van der Waals surface area contributed by atoms with E-state index in [1.165, 1.54) is 23.9 Å². The number of carbonyl (C=O) groups excluding carboxylic acids is 1. The van der Waals surface area contributed by atoms with E-state index in [4.69, 9.17) is 23.2 Å². The third-order valence-electron chi connectivity index (χ3n) is 2.40. The zero-order valence-electron chi connectivity index (χ0n) is 10.1. The van der Waals surface area contributed by atoms with Crippen molar-refractivity contribution >= 4 is 40.5 Å². The second-order valence-corrected chi connectivity index (χ2v) is 4.72. The first kappa shape index (κ1) is 14.3. The molecular formula is C11H8Cl2N4O3. The van der Waals surface area contributed by atoms with Crippen molar-refractivity contribution in [3.63, 3.8) is 0 Å². The summed E-state index contributed by atoms with van der Waals surface area (Å²) in [5, 5.41) is 17.7. The lowest BCUT2D eigenvalue weighted by Crippen LogP contribution is -2.14. The molecule has 2 rings (SSSR count). The van der Waals surface area contributed by atoms with Crippen molar-refractivity contribution in [1.29, 1.82) is 0 Å². The molecule has 0 saturated heterocycles. The minimum absolute atomic E-state index is 0.254. The fourth-order valence-corrected chi connectivity index (χ4v) is 1.88. The molecule has 1 N–H and O–H groups in total. The summed E-state index contributed by atoms with van der Waals surface area (Å²) < 4.78 is 1.19. The second-order valence-electron chi connectivity index (χ2n) is 3.87. The van der Waals surface area contributed by atoms with Gasteiger partial charge in [0, 0.05) is 12.1 Å². The average molecular weight is 315 g/mol. The van der Waals surface area contributed by atoms with Gasteiger partial charge >= 0.3 is 5.69 Å². The van der Waals surface area contributed by atoms with Crippen LogP contribution < -0.4 is 5.32 Å². The van der Waals surface area contributed by atoms with Crippen LogP contribution in [0.1, 0.15) is 10.5 Å². The highest BCUT2D eigenvalue weighted by Gasteiger charge is 2.25. The average Bonchev–Trinajstić information content (AvgIpc) is 2.76. The molecule has 104 valence electrons. The Morgan fingerprint density at radius 1 is 1.45 bits per heavy atom. The van der Waals surface area contributed by atoms with Crippen LogP contribution in [0, 0.1) is 10.1 Å². The van der Waals surface area contributed by atoms with Gasteiger partial charge < -0.3 is 5.32 Å². The van der Waals surface area contributed by atoms with Crippen molar-refractivity contribution in [2.24, 2.45) is 7.05 Å². The maximum absolute atomic E-state index is 12.0. The highest BCUT2D eigenvalue weighted by molar-refractivity contribution is 6.35. The van der Waals surface area contributed by atoms with Gasteiger partial charge in [-0.05, 0) is 18.2 Å². The lowest BCUT2D eigenvalue weighted by atomic mass is 10.3. The first-order valence-corrected chi connectivity index (χ1v) is 6.08. The second kappa shape index (κ2) is 5.48. The summed E-state index contributed by atoms with van der Waals surface area (Å²) in [6, 6.07) is 4.51. The molecule has 0 aliphatic rings. The molecule has 9 heteroatoms. The van der Waals surface area contributed by atoms with Crippen LogP contribution in [0.15, 0.2) is 24.4 Å². The number of nitrogens with one attached hydrogen (secondary N) is 1. The van der Waals surface area contributed by atoms with E-state index >= 15 is 0 Å². The molecule has 1 heterocycles. The lowest BCUT2D eigenvalue weighted by molar-refractivity contribution is -0.385. The van der Waals surface area contributed by atoms with E-state index < -0.39 is 10.8 Å². The Morgan fingerprint density at radius 2 is 2.15 bits per heavy atom. The van der Waals surface area contributed by atoms with E-state index in [-0.39, 0.29) is 22.1 Å². The quantitative estimate of drug-likeness (QED) is 0.696. The molecule has 0 aliphatic heterocycles. The first-order valence-electron chi connectivity index (χ1n) is 5.33. The van der Waals surface area contributed by atoms with Crippen LogP contribution in [0.3, 0.4) is 0 Å². The standard InChI is InChI=1S/C11H8Cl2N4O3/c1-16-5-9(17(19)20)10(15-16)11(18)14-8-4-6(12)2-3-7(8)13/h2-5H,1H3,(H,14,18). The van der Waals surface area contributed by atoms with Gasteiger partial charge in [-0.1, -0.05) is 23.2 Å². The Balaban J connectivity index is 2.33.